The Kier molecular flexibility index (Phi) is 5.11. The minimum Gasteiger partial charge on any atom is -0.379 e. The number of aromatic nitrogens is 1. The molecular formula is C16H24ClN3O. The highest BCUT2D eigenvalue weighted by molar-refractivity contribution is 6.29. The van der Waals surface area contributed by atoms with Gasteiger partial charge in [0.05, 0.1) is 13.2 Å². The summed E-state index contributed by atoms with van der Waals surface area (Å²) in [6.07, 6.45) is 1.30. The lowest BCUT2D eigenvalue weighted by Crippen LogP contribution is -2.39. The Bertz CT molecular complexity index is 456. The molecule has 0 spiro atoms. The first-order chi connectivity index (χ1) is 10.2. The minimum atomic E-state index is 0.606. The van der Waals surface area contributed by atoms with Crippen LogP contribution in [-0.2, 0) is 11.3 Å². The number of rotatable bonds is 4. The van der Waals surface area contributed by atoms with Gasteiger partial charge < -0.3 is 4.74 Å². The number of nitrogens with zero attached hydrogens (tertiary/aromatic N) is 3. The van der Waals surface area contributed by atoms with Gasteiger partial charge in [-0.05, 0) is 43.5 Å². The van der Waals surface area contributed by atoms with Crippen LogP contribution in [0.3, 0.4) is 0 Å². The van der Waals surface area contributed by atoms with Gasteiger partial charge in [-0.2, -0.15) is 0 Å². The second kappa shape index (κ2) is 7.05. The van der Waals surface area contributed by atoms with E-state index >= 15 is 0 Å². The molecule has 0 amide bonds. The van der Waals surface area contributed by atoms with Crippen LogP contribution in [-0.4, -0.2) is 60.7 Å². The molecule has 116 valence electrons. The molecule has 2 fully saturated rings. The lowest BCUT2D eigenvalue weighted by molar-refractivity contribution is 0.0311. The predicted molar refractivity (Wildman–Crippen MR) is 84.6 cm³/mol. The van der Waals surface area contributed by atoms with E-state index in [1.165, 1.54) is 31.6 Å². The van der Waals surface area contributed by atoms with Gasteiger partial charge in [0.1, 0.15) is 5.15 Å². The monoisotopic (exact) mass is 309 g/mol. The zero-order valence-corrected chi connectivity index (χ0v) is 13.5. The minimum absolute atomic E-state index is 0.606. The van der Waals surface area contributed by atoms with Crippen molar-refractivity contribution in [2.75, 3.05) is 45.9 Å². The van der Waals surface area contributed by atoms with E-state index in [0.29, 0.717) is 5.15 Å². The van der Waals surface area contributed by atoms with Crippen LogP contribution in [0.15, 0.2) is 12.1 Å². The standard InChI is InChI=1S/C16H24ClN3O/c1-13-8-15(9-16(17)18-13)12-20-3-2-14(11-20)10-19-4-6-21-7-5-19/h8-9,14H,2-7,10-12H2,1H3. The van der Waals surface area contributed by atoms with Crippen LogP contribution in [0.4, 0.5) is 0 Å². The molecule has 3 heterocycles. The molecule has 0 bridgehead atoms. The van der Waals surface area contributed by atoms with Gasteiger partial charge >= 0.3 is 0 Å². The zero-order valence-electron chi connectivity index (χ0n) is 12.7. The Morgan fingerprint density at radius 1 is 1.24 bits per heavy atom. The molecule has 0 saturated carbocycles. The lowest BCUT2D eigenvalue weighted by atomic mass is 10.1. The third kappa shape index (κ3) is 4.39. The summed E-state index contributed by atoms with van der Waals surface area (Å²) in [5, 5.41) is 0.606. The van der Waals surface area contributed by atoms with E-state index < -0.39 is 0 Å². The van der Waals surface area contributed by atoms with Gasteiger partial charge in [-0.3, -0.25) is 9.80 Å². The number of morpholine rings is 1. The van der Waals surface area contributed by atoms with Gasteiger partial charge in [0, 0.05) is 38.4 Å². The second-order valence-corrected chi connectivity index (χ2v) is 6.63. The van der Waals surface area contributed by atoms with Crippen LogP contribution in [0, 0.1) is 12.8 Å². The summed E-state index contributed by atoms with van der Waals surface area (Å²) in [7, 11) is 0. The summed E-state index contributed by atoms with van der Waals surface area (Å²) < 4.78 is 5.42. The predicted octanol–water partition coefficient (Wildman–Crippen LogP) is 2.20. The molecule has 1 unspecified atom stereocenters. The molecule has 2 aliphatic heterocycles. The van der Waals surface area contributed by atoms with Crippen molar-refractivity contribution in [3.8, 4) is 0 Å². The van der Waals surface area contributed by atoms with E-state index in [2.05, 4.69) is 20.9 Å². The largest absolute Gasteiger partial charge is 0.379 e. The summed E-state index contributed by atoms with van der Waals surface area (Å²) in [5.41, 5.74) is 2.28. The molecule has 2 aliphatic rings. The number of pyridine rings is 1. The molecule has 2 saturated heterocycles. The third-order valence-electron chi connectivity index (χ3n) is 4.38. The Labute approximate surface area is 132 Å². The van der Waals surface area contributed by atoms with Crippen molar-refractivity contribution in [3.05, 3.63) is 28.5 Å². The van der Waals surface area contributed by atoms with E-state index in [0.717, 1.165) is 44.5 Å². The summed E-state index contributed by atoms with van der Waals surface area (Å²) >= 11 is 6.04. The number of hydrogen-bond donors (Lipinski definition) is 0. The molecule has 1 atom stereocenters. The van der Waals surface area contributed by atoms with Crippen molar-refractivity contribution in [1.29, 1.82) is 0 Å². The van der Waals surface area contributed by atoms with E-state index in [1.54, 1.807) is 0 Å². The van der Waals surface area contributed by atoms with Crippen molar-refractivity contribution in [3.63, 3.8) is 0 Å². The van der Waals surface area contributed by atoms with Crippen LogP contribution in [0.2, 0.25) is 5.15 Å². The Morgan fingerprint density at radius 2 is 2.05 bits per heavy atom. The van der Waals surface area contributed by atoms with E-state index in [1.807, 2.05) is 13.0 Å². The first-order valence-corrected chi connectivity index (χ1v) is 8.22. The van der Waals surface area contributed by atoms with Crippen LogP contribution >= 0.6 is 11.6 Å². The molecule has 0 aliphatic carbocycles. The fraction of sp³-hybridized carbons (Fsp3) is 0.688. The van der Waals surface area contributed by atoms with Crippen molar-refractivity contribution < 1.29 is 4.74 Å². The Morgan fingerprint density at radius 3 is 2.81 bits per heavy atom. The third-order valence-corrected chi connectivity index (χ3v) is 4.57. The molecule has 21 heavy (non-hydrogen) atoms. The number of aryl methyl sites for hydroxylation is 1. The highest BCUT2D eigenvalue weighted by Gasteiger charge is 2.25. The maximum Gasteiger partial charge on any atom is 0.129 e. The van der Waals surface area contributed by atoms with Crippen molar-refractivity contribution in [1.82, 2.24) is 14.8 Å². The molecule has 0 aromatic carbocycles. The average molecular weight is 310 g/mol. The first-order valence-electron chi connectivity index (χ1n) is 7.84. The molecule has 1 aromatic heterocycles. The van der Waals surface area contributed by atoms with E-state index in [9.17, 15) is 0 Å². The Balaban J connectivity index is 1.49. The second-order valence-electron chi connectivity index (χ2n) is 6.24. The molecule has 5 heteroatoms. The van der Waals surface area contributed by atoms with E-state index in [-0.39, 0.29) is 0 Å². The van der Waals surface area contributed by atoms with Crippen molar-refractivity contribution >= 4 is 11.6 Å². The van der Waals surface area contributed by atoms with Crippen LogP contribution in [0.5, 0.6) is 0 Å². The summed E-state index contributed by atoms with van der Waals surface area (Å²) in [6.45, 7) is 10.6. The Hall–Kier alpha value is -0.680. The van der Waals surface area contributed by atoms with Crippen LogP contribution in [0.25, 0.3) is 0 Å². The average Bonchev–Trinajstić information content (AvgIpc) is 2.86. The topological polar surface area (TPSA) is 28.6 Å². The summed E-state index contributed by atoms with van der Waals surface area (Å²) in [6, 6.07) is 4.13. The molecular weight excluding hydrogens is 286 g/mol. The van der Waals surface area contributed by atoms with Gasteiger partial charge in [0.25, 0.3) is 0 Å². The van der Waals surface area contributed by atoms with Crippen molar-refractivity contribution in [2.45, 2.75) is 19.9 Å². The van der Waals surface area contributed by atoms with Gasteiger partial charge in [-0.1, -0.05) is 11.6 Å². The lowest BCUT2D eigenvalue weighted by Gasteiger charge is -2.29. The normalized spacial score (nSPS) is 24.6. The number of hydrogen-bond acceptors (Lipinski definition) is 4. The number of halogens is 1. The maximum atomic E-state index is 6.04. The highest BCUT2D eigenvalue weighted by atomic mass is 35.5. The number of ether oxygens (including phenoxy) is 1. The van der Waals surface area contributed by atoms with Crippen LogP contribution < -0.4 is 0 Å². The highest BCUT2D eigenvalue weighted by Crippen LogP contribution is 2.21. The SMILES string of the molecule is Cc1cc(CN2CCC(CN3CCOCC3)C2)cc(Cl)n1. The van der Waals surface area contributed by atoms with Gasteiger partial charge in [0.2, 0.25) is 0 Å². The molecule has 3 rings (SSSR count). The van der Waals surface area contributed by atoms with Gasteiger partial charge in [-0.25, -0.2) is 4.98 Å². The van der Waals surface area contributed by atoms with Gasteiger partial charge in [0.15, 0.2) is 0 Å². The summed E-state index contributed by atoms with van der Waals surface area (Å²) in [4.78, 5) is 9.31. The van der Waals surface area contributed by atoms with Crippen LogP contribution in [0.1, 0.15) is 17.7 Å². The summed E-state index contributed by atoms with van der Waals surface area (Å²) in [5.74, 6) is 0.793. The molecule has 0 radical (unpaired) electrons. The fourth-order valence-electron chi connectivity index (χ4n) is 3.40. The zero-order chi connectivity index (χ0) is 14.7. The first kappa shape index (κ1) is 15.2. The van der Waals surface area contributed by atoms with E-state index in [4.69, 9.17) is 16.3 Å². The number of likely N-dealkylation sites (tertiary alicyclic amines) is 1. The molecule has 1 aromatic rings. The maximum absolute atomic E-state index is 6.04. The smallest absolute Gasteiger partial charge is 0.129 e. The fourth-order valence-corrected chi connectivity index (χ4v) is 3.67. The quantitative estimate of drug-likeness (QED) is 0.797. The molecule has 0 N–H and O–H groups in total. The van der Waals surface area contributed by atoms with Crippen molar-refractivity contribution in [2.24, 2.45) is 5.92 Å². The molecule has 4 nitrogen and oxygen atoms in total. The van der Waals surface area contributed by atoms with Gasteiger partial charge in [-0.15, -0.1) is 0 Å².